The third-order valence-electron chi connectivity index (χ3n) is 0. The number of hydrogen-bond donors (Lipinski definition) is 0. The van der Waals surface area contributed by atoms with Gasteiger partial charge < -0.3 is 24.0 Å². The summed E-state index contributed by atoms with van der Waals surface area (Å²) in [5.74, 6) is 0. The van der Waals surface area contributed by atoms with E-state index >= 15 is 0 Å². The third-order valence-corrected chi connectivity index (χ3v) is 0. The summed E-state index contributed by atoms with van der Waals surface area (Å²) in [4.78, 5) is 0. The average molecular weight is 1680 g/mol. The molecule has 0 fully saturated rings. The molecule has 0 aromatic heterocycles. The van der Waals surface area contributed by atoms with E-state index in [0.29, 0.717) is 26.5 Å². The molecule has 0 N–H and O–H groups in total. The van der Waals surface area contributed by atoms with Crippen molar-refractivity contribution < 1.29 is 50.5 Å². The molecule has 0 radical (unpaired) electrons. The van der Waals surface area contributed by atoms with Crippen molar-refractivity contribution in [3.8, 4) is 0 Å². The van der Waals surface area contributed by atoms with Crippen molar-refractivity contribution in [3.05, 3.63) is 0 Å². The largest absolute Gasteiger partial charge is 1.00 e. The zero-order valence-corrected chi connectivity index (χ0v) is 33.0. The molecule has 0 aliphatic carbocycles. The van der Waals surface area contributed by atoms with Crippen LogP contribution < -0.4 is 50.5 Å². The fourth-order valence-corrected chi connectivity index (χ4v) is 0. The molecule has 0 aromatic rings. The maximum atomic E-state index is 2.39. The minimum absolute atomic E-state index is 0. The normalized spacial score (nSPS) is 4.13. The molecule has 0 spiro atoms. The number of halogens is 13. The SMILES string of the molecule is C.C.II.II.II.I[I-]I.I[I-]I.[I-]. The fourth-order valence-electron chi connectivity index (χ4n) is 0. The van der Waals surface area contributed by atoms with Crippen molar-refractivity contribution in [2.75, 3.05) is 0 Å². The molecule has 0 saturated heterocycles. The van der Waals surface area contributed by atoms with Gasteiger partial charge in [-0.1, -0.05) is 14.9 Å². The van der Waals surface area contributed by atoms with E-state index in [2.05, 4.69) is 186 Å². The maximum absolute atomic E-state index is 2.39. The van der Waals surface area contributed by atoms with E-state index in [0.717, 1.165) is 0 Å². The molecule has 0 aliphatic heterocycles. The van der Waals surface area contributed by atoms with Gasteiger partial charge in [-0.15, -0.1) is 0 Å². The molecule has 0 atom stereocenters. The van der Waals surface area contributed by atoms with E-state index in [1.807, 2.05) is 0 Å². The first-order valence-corrected chi connectivity index (χ1v) is 45.0. The van der Waals surface area contributed by atoms with Crippen LogP contribution in [0.5, 0.6) is 0 Å². The van der Waals surface area contributed by atoms with Gasteiger partial charge in [-0.3, -0.25) is 0 Å². The van der Waals surface area contributed by atoms with Crippen molar-refractivity contribution in [1.29, 1.82) is 0 Å². The summed E-state index contributed by atoms with van der Waals surface area (Å²) in [5.41, 5.74) is 0. The van der Waals surface area contributed by atoms with Crippen LogP contribution in [0.4, 0.5) is 0 Å². The summed E-state index contributed by atoms with van der Waals surface area (Å²) < 4.78 is 0. The quantitative estimate of drug-likeness (QED) is 0.320. The average Bonchev–Trinajstić information content (AvgIpc) is 2.16. The van der Waals surface area contributed by atoms with Crippen LogP contribution in [0.15, 0.2) is 0 Å². The molecule has 0 aliphatic rings. The van der Waals surface area contributed by atoms with Crippen molar-refractivity contribution >= 4 is 186 Å². The van der Waals surface area contributed by atoms with Crippen LogP contribution in [0.25, 0.3) is 0 Å². The molecule has 110 valence electrons. The Bertz CT molecular complexity index is 10.5. The van der Waals surface area contributed by atoms with E-state index < -0.39 is 0 Å². The molecule has 0 heterocycles. The predicted octanol–water partition coefficient (Wildman–Crippen LogP) is 1.14. The molecular weight excluding hydrogens is 1670 g/mol. The van der Waals surface area contributed by atoms with Gasteiger partial charge in [-0.2, -0.15) is 0 Å². The van der Waals surface area contributed by atoms with E-state index in [-0.39, 0.29) is 38.8 Å². The van der Waals surface area contributed by atoms with Crippen molar-refractivity contribution in [3.63, 3.8) is 0 Å². The van der Waals surface area contributed by atoms with Crippen LogP contribution in [0.3, 0.4) is 0 Å². The van der Waals surface area contributed by atoms with Gasteiger partial charge in [0.15, 0.2) is 0 Å². The third kappa shape index (κ3) is 120. The Hall–Kier alpha value is 9.49. The summed E-state index contributed by atoms with van der Waals surface area (Å²) in [6, 6.07) is 0. The molecule has 13 heteroatoms. The van der Waals surface area contributed by atoms with Crippen LogP contribution in [0.1, 0.15) is 14.9 Å². The summed E-state index contributed by atoms with van der Waals surface area (Å²) in [5, 5.41) is 0. The van der Waals surface area contributed by atoms with Gasteiger partial charge in [0.2, 0.25) is 0 Å². The maximum Gasteiger partial charge on any atom is -1.00 e. The van der Waals surface area contributed by atoms with Gasteiger partial charge in [0.05, 0.1) is 0 Å². The Labute approximate surface area is 242 Å². The number of rotatable bonds is 0. The van der Waals surface area contributed by atoms with Crippen LogP contribution in [-0.4, -0.2) is 0 Å². The molecule has 0 aromatic carbocycles. The standard InChI is InChI=1S/2CH4.2I3.3I2.HI/c;;2*1-3-2;3*1-2;/h2*1H4;;;;;;1H/q;;2*-1;;;;/p-1. The van der Waals surface area contributed by atoms with Crippen molar-refractivity contribution in [2.24, 2.45) is 0 Å². The predicted molar refractivity (Wildman–Crippen MR) is 154 cm³/mol. The molecule has 0 amide bonds. The van der Waals surface area contributed by atoms with Gasteiger partial charge in [0.25, 0.3) is 0 Å². The molecule has 0 nitrogen and oxygen atoms in total. The van der Waals surface area contributed by atoms with Crippen molar-refractivity contribution in [2.45, 2.75) is 14.9 Å². The molecule has 0 bridgehead atoms. The van der Waals surface area contributed by atoms with E-state index in [9.17, 15) is 0 Å². The smallest absolute Gasteiger partial charge is 1.00 e. The summed E-state index contributed by atoms with van der Waals surface area (Å²) in [6.45, 7) is 0. The van der Waals surface area contributed by atoms with Gasteiger partial charge in [0.1, 0.15) is 0 Å². The first-order valence-electron chi connectivity index (χ1n) is 1.000. The van der Waals surface area contributed by atoms with Crippen LogP contribution in [0.2, 0.25) is 0 Å². The second-order valence-electron chi connectivity index (χ2n) is 0.108. The Balaban J connectivity index is -0.00000000658. The molecule has 0 saturated carbocycles. The van der Waals surface area contributed by atoms with E-state index in [4.69, 9.17) is 0 Å². The summed E-state index contributed by atoms with van der Waals surface area (Å²) in [6.07, 6.45) is 0. The Kier molecular flexibility index (Phi) is 298. The van der Waals surface area contributed by atoms with Crippen LogP contribution >= 0.6 is 186 Å². The second-order valence-corrected chi connectivity index (χ2v) is 32.6. The molecule has 15 heavy (non-hydrogen) atoms. The van der Waals surface area contributed by atoms with Crippen LogP contribution in [0, 0.1) is 0 Å². The first-order chi connectivity index (χ1) is 5.83. The minimum atomic E-state index is 0. The van der Waals surface area contributed by atoms with Gasteiger partial charge >= 0.3 is 101 Å². The van der Waals surface area contributed by atoms with E-state index in [1.54, 1.807) is 0 Å². The summed E-state index contributed by atoms with van der Waals surface area (Å²) >= 11 is 23.3. The second kappa shape index (κ2) is 90.0. The fraction of sp³-hybridized carbons (Fsp3) is 1.00. The molecule has 0 rings (SSSR count). The Morgan fingerprint density at radius 3 is 0.467 bits per heavy atom. The van der Waals surface area contributed by atoms with E-state index in [1.165, 1.54) is 0 Å². The van der Waals surface area contributed by atoms with Crippen LogP contribution in [-0.2, 0) is 0 Å². The minimum Gasteiger partial charge on any atom is -1.00 e. The molecular formula is C2H8I13-3. The monoisotopic (exact) mass is 1680 g/mol. The van der Waals surface area contributed by atoms with Gasteiger partial charge in [-0.05, 0) is 0 Å². The molecule has 0 unspecified atom stereocenters. The number of hydrogen-bond acceptors (Lipinski definition) is 0. The van der Waals surface area contributed by atoms with Gasteiger partial charge in [0, 0.05) is 112 Å². The summed E-state index contributed by atoms with van der Waals surface area (Å²) in [7, 11) is 0. The Morgan fingerprint density at radius 1 is 0.467 bits per heavy atom. The van der Waals surface area contributed by atoms with Crippen molar-refractivity contribution in [1.82, 2.24) is 0 Å². The van der Waals surface area contributed by atoms with Gasteiger partial charge in [-0.25, -0.2) is 0 Å². The first kappa shape index (κ1) is 49.7. The Morgan fingerprint density at radius 2 is 0.467 bits per heavy atom. The zero-order chi connectivity index (χ0) is 11.4. The topological polar surface area (TPSA) is 0 Å². The zero-order valence-electron chi connectivity index (χ0n) is 4.91.